The molecule has 0 aliphatic heterocycles. The van der Waals surface area contributed by atoms with Crippen LogP contribution in [0.1, 0.15) is 90.3 Å². The molecular weight excluding hydrogens is 340 g/mol. The summed E-state index contributed by atoms with van der Waals surface area (Å²) in [6.45, 7) is 19.4. The Balaban J connectivity index is 0.00000352. The Kier molecular flexibility index (Phi) is 15.2. The van der Waals surface area contributed by atoms with E-state index in [9.17, 15) is 0 Å². The lowest BCUT2D eigenvalue weighted by Gasteiger charge is -2.15. The second kappa shape index (κ2) is 16.2. The van der Waals surface area contributed by atoms with Gasteiger partial charge in [0.15, 0.2) is 0 Å². The van der Waals surface area contributed by atoms with Crippen molar-refractivity contribution in [3.8, 4) is 5.75 Å². The molecule has 0 saturated heterocycles. The van der Waals surface area contributed by atoms with Gasteiger partial charge in [-0.25, -0.2) is 0 Å². The number of hydrogen-bond donors (Lipinski definition) is 0. The first-order valence-electron chi connectivity index (χ1n) is 11.1. The first-order chi connectivity index (χ1) is 13.5. The molecule has 0 heterocycles. The predicted octanol–water partition coefficient (Wildman–Crippen LogP) is 8.55. The van der Waals surface area contributed by atoms with Crippen molar-refractivity contribution in [2.24, 2.45) is 0 Å². The van der Waals surface area contributed by atoms with Crippen LogP contribution < -0.4 is 4.74 Å². The van der Waals surface area contributed by atoms with Crippen LogP contribution in [0.4, 0.5) is 0 Å². The summed E-state index contributed by atoms with van der Waals surface area (Å²) in [5, 5.41) is 0. The number of allylic oxidation sites excluding steroid dienone is 4. The van der Waals surface area contributed by atoms with E-state index in [1.54, 1.807) is 0 Å². The molecule has 0 unspecified atom stereocenters. The van der Waals surface area contributed by atoms with Gasteiger partial charge in [-0.1, -0.05) is 75.6 Å². The van der Waals surface area contributed by atoms with E-state index in [4.69, 9.17) is 4.74 Å². The second-order valence-electron chi connectivity index (χ2n) is 7.52. The Morgan fingerprint density at radius 2 is 1.79 bits per heavy atom. The molecule has 0 fully saturated rings. The van der Waals surface area contributed by atoms with E-state index >= 15 is 0 Å². The fourth-order valence-corrected chi connectivity index (χ4v) is 3.09. The first kappa shape index (κ1) is 26.2. The maximum absolute atomic E-state index is 6.00. The fraction of sp³-hybridized carbons (Fsp3) is 0.556. The molecule has 158 valence electrons. The summed E-state index contributed by atoms with van der Waals surface area (Å²) >= 11 is 0. The van der Waals surface area contributed by atoms with E-state index < -0.39 is 0 Å². The van der Waals surface area contributed by atoms with E-state index in [-0.39, 0.29) is 0 Å². The zero-order valence-corrected chi connectivity index (χ0v) is 19.7. The molecule has 0 spiro atoms. The van der Waals surface area contributed by atoms with Crippen molar-refractivity contribution in [2.75, 3.05) is 6.61 Å². The van der Waals surface area contributed by atoms with E-state index in [1.165, 1.54) is 47.1 Å². The van der Waals surface area contributed by atoms with Gasteiger partial charge in [-0.15, -0.1) is 0 Å². The molecule has 28 heavy (non-hydrogen) atoms. The number of unbranched alkanes of at least 4 members (excludes halogenated alkanes) is 2. The zero-order chi connectivity index (χ0) is 21.4. The van der Waals surface area contributed by atoms with Gasteiger partial charge in [-0.2, -0.15) is 0 Å². The fourth-order valence-electron chi connectivity index (χ4n) is 3.09. The molecule has 1 heteroatoms. The number of aryl methyl sites for hydroxylation is 2. The van der Waals surface area contributed by atoms with E-state index in [2.05, 4.69) is 65.5 Å². The summed E-state index contributed by atoms with van der Waals surface area (Å²) in [6, 6.07) is 4.59. The predicted molar refractivity (Wildman–Crippen MR) is 128 cm³/mol. The van der Waals surface area contributed by atoms with Gasteiger partial charge in [-0.05, 0) is 77.0 Å². The molecule has 1 rings (SSSR count). The molecule has 0 amide bonds. The Morgan fingerprint density at radius 3 is 2.39 bits per heavy atom. The van der Waals surface area contributed by atoms with E-state index in [0.29, 0.717) is 6.61 Å². The van der Waals surface area contributed by atoms with Crippen LogP contribution in [0.5, 0.6) is 5.75 Å². The van der Waals surface area contributed by atoms with Crippen LogP contribution in [0.3, 0.4) is 0 Å². The highest BCUT2D eigenvalue weighted by Gasteiger charge is 2.09. The quantitative estimate of drug-likeness (QED) is 0.259. The van der Waals surface area contributed by atoms with Crippen molar-refractivity contribution in [3.05, 3.63) is 64.8 Å². The summed E-state index contributed by atoms with van der Waals surface area (Å²) in [7, 11) is 0. The molecule has 1 aromatic rings. The molecular formula is C27H44O. The van der Waals surface area contributed by atoms with Gasteiger partial charge < -0.3 is 4.74 Å². The minimum atomic E-state index is 0.564. The molecule has 0 aliphatic rings. The maximum Gasteiger partial charge on any atom is 0.123 e. The van der Waals surface area contributed by atoms with Crippen LogP contribution >= 0.6 is 0 Å². The van der Waals surface area contributed by atoms with E-state index in [0.717, 1.165) is 31.4 Å². The summed E-state index contributed by atoms with van der Waals surface area (Å²) < 4.78 is 6.00. The number of benzene rings is 1. The molecule has 0 saturated carbocycles. The van der Waals surface area contributed by atoms with E-state index in [1.807, 2.05) is 19.9 Å². The minimum absolute atomic E-state index is 0.564. The molecule has 1 aromatic carbocycles. The average Bonchev–Trinajstić information content (AvgIpc) is 2.67. The monoisotopic (exact) mass is 384 g/mol. The van der Waals surface area contributed by atoms with Gasteiger partial charge in [0.2, 0.25) is 0 Å². The smallest absolute Gasteiger partial charge is 0.123 e. The first-order valence-corrected chi connectivity index (χ1v) is 11.1. The van der Waals surface area contributed by atoms with Crippen molar-refractivity contribution in [3.63, 3.8) is 0 Å². The summed E-state index contributed by atoms with van der Waals surface area (Å²) in [5.41, 5.74) is 6.89. The third kappa shape index (κ3) is 11.2. The van der Waals surface area contributed by atoms with Gasteiger partial charge >= 0.3 is 0 Å². The summed E-state index contributed by atoms with van der Waals surface area (Å²) in [5.74, 6) is 1.03. The average molecular weight is 385 g/mol. The summed E-state index contributed by atoms with van der Waals surface area (Å²) in [6.07, 6.45) is 14.6. The van der Waals surface area contributed by atoms with Crippen LogP contribution in [-0.2, 0) is 12.8 Å². The molecule has 0 N–H and O–H groups in total. The topological polar surface area (TPSA) is 9.23 Å². The normalized spacial score (nSPS) is 10.8. The van der Waals surface area contributed by atoms with Crippen molar-refractivity contribution in [1.82, 2.24) is 0 Å². The zero-order valence-electron chi connectivity index (χ0n) is 19.7. The van der Waals surface area contributed by atoms with Crippen LogP contribution in [0.15, 0.2) is 48.1 Å². The van der Waals surface area contributed by atoms with Crippen LogP contribution in [0, 0.1) is 6.92 Å². The van der Waals surface area contributed by atoms with Gasteiger partial charge in [0.1, 0.15) is 12.4 Å². The number of rotatable bonds is 12. The van der Waals surface area contributed by atoms with Crippen molar-refractivity contribution in [2.45, 2.75) is 93.4 Å². The molecule has 0 radical (unpaired) electrons. The van der Waals surface area contributed by atoms with Gasteiger partial charge in [0.25, 0.3) is 0 Å². The molecule has 0 aromatic heterocycles. The van der Waals surface area contributed by atoms with Gasteiger partial charge in [0, 0.05) is 5.56 Å². The molecule has 0 atom stereocenters. The standard InChI is InChI=1S/C25H38O.C2H6/c1-7-9-10-14-23-18-22(6)24(25(19-23)26-17-8-2)16-15-21(5)13-11-12-20(3)4;1-2/h8,12,15,18-19H,2,7,9-11,13-14,16-17H2,1,3-6H3;1-2H3/b21-15+;. The highest BCUT2D eigenvalue weighted by molar-refractivity contribution is 5.45. The lowest BCUT2D eigenvalue weighted by atomic mass is 9.97. The largest absolute Gasteiger partial charge is 0.489 e. The Labute approximate surface area is 175 Å². The third-order valence-electron chi connectivity index (χ3n) is 4.66. The lowest BCUT2D eigenvalue weighted by Crippen LogP contribution is -2.01. The molecule has 0 bridgehead atoms. The number of hydrogen-bond acceptors (Lipinski definition) is 1. The van der Waals surface area contributed by atoms with Gasteiger partial charge in [0.05, 0.1) is 0 Å². The Bertz CT molecular complexity index is 615. The molecule has 0 aliphatic carbocycles. The van der Waals surface area contributed by atoms with Gasteiger partial charge in [-0.3, -0.25) is 0 Å². The highest BCUT2D eigenvalue weighted by Crippen LogP contribution is 2.27. The van der Waals surface area contributed by atoms with Crippen molar-refractivity contribution < 1.29 is 4.74 Å². The second-order valence-corrected chi connectivity index (χ2v) is 7.52. The highest BCUT2D eigenvalue weighted by atomic mass is 16.5. The Hall–Kier alpha value is -1.76. The summed E-state index contributed by atoms with van der Waals surface area (Å²) in [4.78, 5) is 0. The lowest BCUT2D eigenvalue weighted by molar-refractivity contribution is 0.359. The maximum atomic E-state index is 6.00. The Morgan fingerprint density at radius 1 is 1.07 bits per heavy atom. The van der Waals surface area contributed by atoms with Crippen LogP contribution in [0.2, 0.25) is 0 Å². The van der Waals surface area contributed by atoms with Crippen molar-refractivity contribution in [1.29, 1.82) is 0 Å². The third-order valence-corrected chi connectivity index (χ3v) is 4.66. The SMILES string of the molecule is C=CCOc1cc(CCCCC)cc(C)c1C/C=C(\C)CCC=C(C)C.CC. The number of ether oxygens (including phenoxy) is 1. The van der Waals surface area contributed by atoms with Crippen LogP contribution in [0.25, 0.3) is 0 Å². The van der Waals surface area contributed by atoms with Crippen molar-refractivity contribution >= 4 is 0 Å². The molecule has 1 nitrogen and oxygen atoms in total. The van der Waals surface area contributed by atoms with Crippen LogP contribution in [-0.4, -0.2) is 6.61 Å². The minimum Gasteiger partial charge on any atom is -0.489 e.